The molecule has 8 heteroatoms. The van der Waals surface area contributed by atoms with Gasteiger partial charge in [-0.3, -0.25) is 9.52 Å². The van der Waals surface area contributed by atoms with Gasteiger partial charge in [0.1, 0.15) is 11.4 Å². The first kappa shape index (κ1) is 22.3. The van der Waals surface area contributed by atoms with Gasteiger partial charge in [0, 0.05) is 6.92 Å². The van der Waals surface area contributed by atoms with E-state index in [-0.39, 0.29) is 10.8 Å². The maximum absolute atomic E-state index is 13.1. The maximum atomic E-state index is 13.1. The molecule has 3 aromatic rings. The number of carbonyl (C=O) groups is 1. The highest BCUT2D eigenvalue weighted by atomic mass is 32.2. The zero-order valence-electron chi connectivity index (χ0n) is 18.1. The number of amides is 1. The first-order valence-electron chi connectivity index (χ1n) is 9.70. The number of aryl methyl sites for hydroxylation is 3. The zero-order valence-corrected chi connectivity index (χ0v) is 18.9. The van der Waals surface area contributed by atoms with Crippen LogP contribution in [0.1, 0.15) is 40.6 Å². The normalized spacial score (nSPS) is 11.6. The Bertz CT molecular complexity index is 1270. The van der Waals surface area contributed by atoms with Gasteiger partial charge >= 0.3 is 0 Å². The molecule has 0 aliphatic carbocycles. The topological polar surface area (TPSA) is 101 Å². The van der Waals surface area contributed by atoms with Crippen LogP contribution in [-0.2, 0) is 14.8 Å². The lowest BCUT2D eigenvalue weighted by Gasteiger charge is -2.14. The van der Waals surface area contributed by atoms with Crippen molar-refractivity contribution < 1.29 is 17.7 Å². The van der Waals surface area contributed by atoms with Crippen molar-refractivity contribution in [2.24, 2.45) is 0 Å². The Morgan fingerprint density at radius 2 is 1.77 bits per heavy atom. The number of hydrogen-bond acceptors (Lipinski definition) is 5. The second-order valence-electron chi connectivity index (χ2n) is 7.40. The lowest BCUT2D eigenvalue weighted by Crippen LogP contribution is -2.15. The number of hydrogen-bond donors (Lipinski definition) is 2. The van der Waals surface area contributed by atoms with Gasteiger partial charge in [0.25, 0.3) is 10.0 Å². The van der Waals surface area contributed by atoms with E-state index in [1.54, 1.807) is 44.2 Å². The summed E-state index contributed by atoms with van der Waals surface area (Å²) in [5, 5.41) is 6.56. The minimum absolute atomic E-state index is 0.186. The predicted octanol–water partition coefficient (Wildman–Crippen LogP) is 4.84. The van der Waals surface area contributed by atoms with Crippen LogP contribution in [0, 0.1) is 27.7 Å². The highest BCUT2D eigenvalue weighted by Crippen LogP contribution is 2.26. The molecule has 1 amide bonds. The SMILES string of the molecule is CC(=O)Nc1c(C)noc1/C=C\c1ccc(C)c(S(=O)(=O)Nc2cccc(C)c2C)c1. The van der Waals surface area contributed by atoms with E-state index in [2.05, 4.69) is 15.2 Å². The highest BCUT2D eigenvalue weighted by molar-refractivity contribution is 7.92. The molecule has 7 nitrogen and oxygen atoms in total. The average Bonchev–Trinajstić information content (AvgIpc) is 3.03. The van der Waals surface area contributed by atoms with E-state index in [0.717, 1.165) is 11.1 Å². The van der Waals surface area contributed by atoms with Crippen molar-refractivity contribution in [1.29, 1.82) is 0 Å². The predicted molar refractivity (Wildman–Crippen MR) is 122 cm³/mol. The summed E-state index contributed by atoms with van der Waals surface area (Å²) in [7, 11) is -3.79. The largest absolute Gasteiger partial charge is 0.354 e. The van der Waals surface area contributed by atoms with Crippen LogP contribution in [-0.4, -0.2) is 19.5 Å². The summed E-state index contributed by atoms with van der Waals surface area (Å²) in [5.41, 5.74) is 4.77. The van der Waals surface area contributed by atoms with Gasteiger partial charge in [0.2, 0.25) is 5.91 Å². The van der Waals surface area contributed by atoms with Crippen molar-refractivity contribution in [1.82, 2.24) is 5.16 Å². The van der Waals surface area contributed by atoms with Crippen LogP contribution in [0.2, 0.25) is 0 Å². The molecule has 0 spiro atoms. The monoisotopic (exact) mass is 439 g/mol. The molecule has 2 aromatic carbocycles. The molecule has 1 heterocycles. The standard InChI is InChI=1S/C23H25N3O4S/c1-14-7-6-8-20(16(14)3)26-31(28,29)22-13-19(10-9-15(22)2)11-12-21-23(24-18(5)27)17(4)25-30-21/h6-13,26H,1-5H3,(H,24,27)/b12-11-. The van der Waals surface area contributed by atoms with Crippen molar-refractivity contribution in [2.45, 2.75) is 39.5 Å². The van der Waals surface area contributed by atoms with Crippen molar-refractivity contribution in [3.8, 4) is 0 Å². The molecule has 162 valence electrons. The average molecular weight is 440 g/mol. The molecule has 0 radical (unpaired) electrons. The molecule has 0 atom stereocenters. The Morgan fingerprint density at radius 1 is 1.03 bits per heavy atom. The Kier molecular flexibility index (Phi) is 6.31. The Balaban J connectivity index is 1.93. The van der Waals surface area contributed by atoms with Gasteiger partial charge in [-0.25, -0.2) is 8.42 Å². The second kappa shape index (κ2) is 8.77. The number of anilines is 2. The molecule has 0 aliphatic heterocycles. The molecular formula is C23H25N3O4S. The van der Waals surface area contributed by atoms with Crippen LogP contribution < -0.4 is 10.0 Å². The molecule has 1 aromatic heterocycles. The number of benzene rings is 2. The summed E-state index contributed by atoms with van der Waals surface area (Å²) in [6.45, 7) is 8.69. The Labute approximate surface area is 182 Å². The third-order valence-electron chi connectivity index (χ3n) is 4.97. The smallest absolute Gasteiger partial charge is 0.262 e. The summed E-state index contributed by atoms with van der Waals surface area (Å²) in [6, 6.07) is 10.7. The van der Waals surface area contributed by atoms with Crippen molar-refractivity contribution in [3.05, 3.63) is 70.1 Å². The van der Waals surface area contributed by atoms with E-state index >= 15 is 0 Å². The minimum Gasteiger partial charge on any atom is -0.354 e. The molecule has 0 bridgehead atoms. The van der Waals surface area contributed by atoms with E-state index in [1.807, 2.05) is 32.0 Å². The van der Waals surface area contributed by atoms with Crippen molar-refractivity contribution >= 4 is 39.5 Å². The van der Waals surface area contributed by atoms with E-state index < -0.39 is 10.0 Å². The summed E-state index contributed by atoms with van der Waals surface area (Å²) in [5.74, 6) is 0.147. The van der Waals surface area contributed by atoms with Gasteiger partial charge in [0.15, 0.2) is 5.76 Å². The van der Waals surface area contributed by atoms with Crippen LogP contribution >= 0.6 is 0 Å². The quantitative estimate of drug-likeness (QED) is 0.572. The van der Waals surface area contributed by atoms with E-state index in [1.165, 1.54) is 6.92 Å². The number of rotatable bonds is 6. The summed E-state index contributed by atoms with van der Waals surface area (Å²) < 4.78 is 34.1. The van der Waals surface area contributed by atoms with Crippen LogP contribution in [0.5, 0.6) is 0 Å². The first-order valence-corrected chi connectivity index (χ1v) is 11.2. The maximum Gasteiger partial charge on any atom is 0.262 e. The fourth-order valence-electron chi connectivity index (χ4n) is 3.07. The van der Waals surface area contributed by atoms with Gasteiger partial charge in [-0.1, -0.05) is 35.5 Å². The number of carbonyl (C=O) groups excluding carboxylic acids is 1. The zero-order chi connectivity index (χ0) is 22.8. The molecule has 0 aliphatic rings. The van der Waals surface area contributed by atoms with Gasteiger partial charge in [0.05, 0.1) is 10.6 Å². The molecule has 0 saturated heterocycles. The third-order valence-corrected chi connectivity index (χ3v) is 6.48. The van der Waals surface area contributed by atoms with Crippen LogP contribution in [0.25, 0.3) is 12.2 Å². The van der Waals surface area contributed by atoms with Gasteiger partial charge < -0.3 is 9.84 Å². The van der Waals surface area contributed by atoms with Crippen LogP contribution in [0.4, 0.5) is 11.4 Å². The number of sulfonamides is 1. The van der Waals surface area contributed by atoms with Gasteiger partial charge in [-0.05, 0) is 68.2 Å². The molecule has 0 unspecified atom stereocenters. The number of aromatic nitrogens is 1. The fraction of sp³-hybridized carbons (Fsp3) is 0.217. The van der Waals surface area contributed by atoms with E-state index in [0.29, 0.717) is 34.0 Å². The summed E-state index contributed by atoms with van der Waals surface area (Å²) >= 11 is 0. The highest BCUT2D eigenvalue weighted by Gasteiger charge is 2.19. The number of nitrogens with one attached hydrogen (secondary N) is 2. The Morgan fingerprint density at radius 3 is 2.48 bits per heavy atom. The lowest BCUT2D eigenvalue weighted by atomic mass is 10.1. The third kappa shape index (κ3) is 5.03. The summed E-state index contributed by atoms with van der Waals surface area (Å²) in [6.07, 6.45) is 3.35. The van der Waals surface area contributed by atoms with E-state index in [9.17, 15) is 13.2 Å². The van der Waals surface area contributed by atoms with Gasteiger partial charge in [-0.2, -0.15) is 0 Å². The molecule has 0 saturated carbocycles. The molecular weight excluding hydrogens is 414 g/mol. The Hall–Kier alpha value is -3.39. The number of nitrogens with zero attached hydrogens (tertiary/aromatic N) is 1. The first-order chi connectivity index (χ1) is 14.6. The van der Waals surface area contributed by atoms with Crippen LogP contribution in [0.15, 0.2) is 45.8 Å². The molecule has 2 N–H and O–H groups in total. The van der Waals surface area contributed by atoms with E-state index in [4.69, 9.17) is 4.52 Å². The minimum atomic E-state index is -3.79. The van der Waals surface area contributed by atoms with Gasteiger partial charge in [-0.15, -0.1) is 0 Å². The molecule has 31 heavy (non-hydrogen) atoms. The molecule has 0 fully saturated rings. The fourth-order valence-corrected chi connectivity index (χ4v) is 4.48. The second-order valence-corrected chi connectivity index (χ2v) is 9.05. The van der Waals surface area contributed by atoms with Crippen molar-refractivity contribution in [3.63, 3.8) is 0 Å². The summed E-state index contributed by atoms with van der Waals surface area (Å²) in [4.78, 5) is 11.6. The lowest BCUT2D eigenvalue weighted by molar-refractivity contribution is -0.114. The van der Waals surface area contributed by atoms with Crippen molar-refractivity contribution in [2.75, 3.05) is 10.0 Å². The van der Waals surface area contributed by atoms with Crippen LogP contribution in [0.3, 0.4) is 0 Å². The molecule has 3 rings (SSSR count).